The molecule has 1 aliphatic rings. The zero-order valence-corrected chi connectivity index (χ0v) is 10.3. The van der Waals surface area contributed by atoms with E-state index in [1.165, 1.54) is 29.8 Å². The third kappa shape index (κ3) is 2.16. The topological polar surface area (TPSA) is 50.9 Å². The fraction of sp³-hybridized carbons (Fsp3) is 0.267. The van der Waals surface area contributed by atoms with Crippen molar-refractivity contribution in [1.29, 1.82) is 0 Å². The fourth-order valence-corrected chi connectivity index (χ4v) is 2.46. The summed E-state index contributed by atoms with van der Waals surface area (Å²) in [5.74, 6) is 0. The Morgan fingerprint density at radius 1 is 1.00 bits per heavy atom. The summed E-state index contributed by atoms with van der Waals surface area (Å²) in [6, 6.07) is 9.89. The lowest BCUT2D eigenvalue weighted by atomic mass is 9.95. The first-order valence-electron chi connectivity index (χ1n) is 6.42. The smallest absolute Gasteiger partial charge is 0.0456 e. The molecule has 2 aromatic rings. The summed E-state index contributed by atoms with van der Waals surface area (Å²) < 4.78 is 0. The van der Waals surface area contributed by atoms with Crippen LogP contribution >= 0.6 is 0 Å². The number of nitrogen functional groups attached to an aromatic ring is 1. The van der Waals surface area contributed by atoms with Crippen LogP contribution in [0.2, 0.25) is 0 Å². The van der Waals surface area contributed by atoms with Gasteiger partial charge in [-0.25, -0.2) is 0 Å². The molecule has 1 heterocycles. The van der Waals surface area contributed by atoms with Crippen molar-refractivity contribution in [2.75, 3.05) is 11.1 Å². The number of pyridine rings is 1. The Morgan fingerprint density at radius 3 is 2.61 bits per heavy atom. The Morgan fingerprint density at radius 2 is 1.78 bits per heavy atom. The number of benzene rings is 1. The second kappa shape index (κ2) is 4.69. The van der Waals surface area contributed by atoms with Gasteiger partial charge in [0.25, 0.3) is 0 Å². The molecule has 0 bridgehead atoms. The number of anilines is 3. The zero-order chi connectivity index (χ0) is 12.4. The molecule has 1 aromatic carbocycles. The van der Waals surface area contributed by atoms with Crippen molar-refractivity contribution in [3.8, 4) is 0 Å². The molecule has 92 valence electrons. The number of rotatable bonds is 2. The van der Waals surface area contributed by atoms with E-state index in [1.807, 2.05) is 30.5 Å². The minimum atomic E-state index is 0.789. The van der Waals surface area contributed by atoms with E-state index in [0.717, 1.165) is 24.2 Å². The molecular weight excluding hydrogens is 222 g/mol. The Labute approximate surface area is 107 Å². The molecule has 3 heteroatoms. The molecular formula is C15H17N3. The van der Waals surface area contributed by atoms with Gasteiger partial charge in [0.2, 0.25) is 0 Å². The van der Waals surface area contributed by atoms with Gasteiger partial charge in [-0.1, -0.05) is 0 Å². The molecule has 0 unspecified atom stereocenters. The first kappa shape index (κ1) is 11.1. The normalized spacial score (nSPS) is 14.0. The average molecular weight is 239 g/mol. The SMILES string of the molecule is Nc1ccc(Nc2ccnc3c2CCCC3)cc1. The van der Waals surface area contributed by atoms with Gasteiger partial charge in [-0.3, -0.25) is 4.98 Å². The van der Waals surface area contributed by atoms with Crippen LogP contribution in [0.3, 0.4) is 0 Å². The van der Waals surface area contributed by atoms with Crippen molar-refractivity contribution in [2.24, 2.45) is 0 Å². The van der Waals surface area contributed by atoms with Crippen molar-refractivity contribution < 1.29 is 0 Å². The molecule has 3 nitrogen and oxygen atoms in total. The number of nitrogens with zero attached hydrogens (tertiary/aromatic N) is 1. The van der Waals surface area contributed by atoms with Crippen LogP contribution in [-0.4, -0.2) is 4.98 Å². The summed E-state index contributed by atoms with van der Waals surface area (Å²) in [7, 11) is 0. The molecule has 1 aromatic heterocycles. The summed E-state index contributed by atoms with van der Waals surface area (Å²) in [4.78, 5) is 4.48. The molecule has 0 amide bonds. The largest absolute Gasteiger partial charge is 0.399 e. The lowest BCUT2D eigenvalue weighted by molar-refractivity contribution is 0.669. The minimum Gasteiger partial charge on any atom is -0.399 e. The Balaban J connectivity index is 1.90. The minimum absolute atomic E-state index is 0.789. The highest BCUT2D eigenvalue weighted by Gasteiger charge is 2.13. The van der Waals surface area contributed by atoms with E-state index >= 15 is 0 Å². The molecule has 0 saturated carbocycles. The maximum absolute atomic E-state index is 5.69. The van der Waals surface area contributed by atoms with Crippen molar-refractivity contribution in [3.63, 3.8) is 0 Å². The molecule has 0 fully saturated rings. The predicted molar refractivity (Wildman–Crippen MR) is 75.0 cm³/mol. The molecule has 0 atom stereocenters. The monoisotopic (exact) mass is 239 g/mol. The summed E-state index contributed by atoms with van der Waals surface area (Å²) >= 11 is 0. The van der Waals surface area contributed by atoms with Crippen LogP contribution < -0.4 is 11.1 Å². The highest BCUT2D eigenvalue weighted by molar-refractivity contribution is 5.65. The van der Waals surface area contributed by atoms with Crippen LogP contribution in [0.4, 0.5) is 17.1 Å². The number of fused-ring (bicyclic) bond motifs is 1. The molecule has 0 aliphatic heterocycles. The predicted octanol–water partition coefficient (Wildman–Crippen LogP) is 3.29. The van der Waals surface area contributed by atoms with Gasteiger partial charge >= 0.3 is 0 Å². The number of hydrogen-bond acceptors (Lipinski definition) is 3. The maximum Gasteiger partial charge on any atom is 0.0456 e. The number of nitrogens with two attached hydrogens (primary N) is 1. The summed E-state index contributed by atoms with van der Waals surface area (Å²) in [5.41, 5.74) is 11.4. The van der Waals surface area contributed by atoms with Crippen LogP contribution in [-0.2, 0) is 12.8 Å². The van der Waals surface area contributed by atoms with E-state index in [-0.39, 0.29) is 0 Å². The van der Waals surface area contributed by atoms with Gasteiger partial charge in [0.1, 0.15) is 0 Å². The zero-order valence-electron chi connectivity index (χ0n) is 10.3. The molecule has 0 saturated heterocycles. The molecule has 3 N–H and O–H groups in total. The van der Waals surface area contributed by atoms with Gasteiger partial charge in [0.15, 0.2) is 0 Å². The van der Waals surface area contributed by atoms with Crippen molar-refractivity contribution in [1.82, 2.24) is 4.98 Å². The number of hydrogen-bond donors (Lipinski definition) is 2. The van der Waals surface area contributed by atoms with E-state index in [9.17, 15) is 0 Å². The van der Waals surface area contributed by atoms with Crippen LogP contribution in [0.15, 0.2) is 36.5 Å². The van der Waals surface area contributed by atoms with E-state index in [1.54, 1.807) is 0 Å². The third-order valence-corrected chi connectivity index (χ3v) is 3.43. The van der Waals surface area contributed by atoms with Gasteiger partial charge in [0, 0.05) is 29.0 Å². The number of aryl methyl sites for hydroxylation is 1. The molecule has 3 rings (SSSR count). The molecule has 18 heavy (non-hydrogen) atoms. The van der Waals surface area contributed by atoms with Crippen molar-refractivity contribution in [2.45, 2.75) is 25.7 Å². The summed E-state index contributed by atoms with van der Waals surface area (Å²) in [5, 5.41) is 3.46. The molecule has 1 aliphatic carbocycles. The van der Waals surface area contributed by atoms with E-state index in [0.29, 0.717) is 0 Å². The Hall–Kier alpha value is -2.03. The van der Waals surface area contributed by atoms with Gasteiger partial charge in [-0.2, -0.15) is 0 Å². The second-order valence-electron chi connectivity index (χ2n) is 4.74. The first-order chi connectivity index (χ1) is 8.83. The van der Waals surface area contributed by atoms with Gasteiger partial charge in [-0.15, -0.1) is 0 Å². The van der Waals surface area contributed by atoms with Crippen molar-refractivity contribution in [3.05, 3.63) is 47.8 Å². The van der Waals surface area contributed by atoms with Crippen LogP contribution in [0.5, 0.6) is 0 Å². The molecule has 0 radical (unpaired) electrons. The van der Waals surface area contributed by atoms with Crippen molar-refractivity contribution >= 4 is 17.1 Å². The highest BCUT2D eigenvalue weighted by Crippen LogP contribution is 2.28. The van der Waals surface area contributed by atoms with Gasteiger partial charge in [0.05, 0.1) is 0 Å². The maximum atomic E-state index is 5.69. The fourth-order valence-electron chi connectivity index (χ4n) is 2.46. The number of aromatic nitrogens is 1. The van der Waals surface area contributed by atoms with Crippen LogP contribution in [0.25, 0.3) is 0 Å². The number of nitrogens with one attached hydrogen (secondary N) is 1. The lowest BCUT2D eigenvalue weighted by Gasteiger charge is -2.19. The van der Waals surface area contributed by atoms with Gasteiger partial charge < -0.3 is 11.1 Å². The third-order valence-electron chi connectivity index (χ3n) is 3.43. The first-order valence-corrected chi connectivity index (χ1v) is 6.42. The van der Waals surface area contributed by atoms with Crippen LogP contribution in [0.1, 0.15) is 24.1 Å². The summed E-state index contributed by atoms with van der Waals surface area (Å²) in [6.07, 6.45) is 6.64. The molecule has 0 spiro atoms. The second-order valence-corrected chi connectivity index (χ2v) is 4.74. The van der Waals surface area contributed by atoms with Crippen LogP contribution in [0, 0.1) is 0 Å². The lowest BCUT2D eigenvalue weighted by Crippen LogP contribution is -2.08. The van der Waals surface area contributed by atoms with E-state index in [2.05, 4.69) is 16.4 Å². The quantitative estimate of drug-likeness (QED) is 0.791. The van der Waals surface area contributed by atoms with E-state index < -0.39 is 0 Å². The highest BCUT2D eigenvalue weighted by atomic mass is 14.9. The Bertz CT molecular complexity index is 546. The average Bonchev–Trinajstić information content (AvgIpc) is 2.42. The van der Waals surface area contributed by atoms with Gasteiger partial charge in [-0.05, 0) is 61.6 Å². The standard InChI is InChI=1S/C15H17N3/c16-11-5-7-12(8-6-11)18-15-9-10-17-14-4-2-1-3-13(14)15/h5-10H,1-4,16H2,(H,17,18). The Kier molecular flexibility index (Phi) is 2.89. The summed E-state index contributed by atoms with van der Waals surface area (Å²) in [6.45, 7) is 0. The van der Waals surface area contributed by atoms with E-state index in [4.69, 9.17) is 5.73 Å².